The Morgan fingerprint density at radius 2 is 2.33 bits per heavy atom. The lowest BCUT2D eigenvalue weighted by Gasteiger charge is -2.20. The summed E-state index contributed by atoms with van der Waals surface area (Å²) < 4.78 is 0. The zero-order valence-electron chi connectivity index (χ0n) is 5.33. The van der Waals surface area contributed by atoms with Crippen molar-refractivity contribution in [2.24, 2.45) is 11.6 Å². The van der Waals surface area contributed by atoms with Crippen LogP contribution in [0.25, 0.3) is 0 Å². The van der Waals surface area contributed by atoms with Crippen LogP contribution in [0, 0.1) is 0 Å². The fourth-order valence-corrected chi connectivity index (χ4v) is 1.18. The second-order valence-electron chi connectivity index (χ2n) is 2.44. The number of nitrogens with zero attached hydrogens (tertiary/aromatic N) is 1. The van der Waals surface area contributed by atoms with Gasteiger partial charge in [0.15, 0.2) is 0 Å². The summed E-state index contributed by atoms with van der Waals surface area (Å²) >= 11 is 0. The van der Waals surface area contributed by atoms with E-state index in [0.717, 1.165) is 19.4 Å². The molecule has 0 aromatic rings. The van der Waals surface area contributed by atoms with Crippen LogP contribution in [0.2, 0.25) is 0 Å². The highest BCUT2D eigenvalue weighted by Gasteiger charge is 2.25. The second-order valence-corrected chi connectivity index (χ2v) is 2.44. The van der Waals surface area contributed by atoms with Crippen molar-refractivity contribution < 1.29 is 5.11 Å². The average Bonchev–Trinajstić information content (AvgIpc) is 2.13. The van der Waals surface area contributed by atoms with Crippen LogP contribution in [-0.2, 0) is 0 Å². The Morgan fingerprint density at radius 1 is 1.67 bits per heavy atom. The molecule has 0 spiro atoms. The van der Waals surface area contributed by atoms with Gasteiger partial charge in [-0.25, -0.2) is 5.01 Å². The quantitative estimate of drug-likeness (QED) is 0.302. The van der Waals surface area contributed by atoms with Gasteiger partial charge in [-0.2, -0.15) is 0 Å². The molecule has 0 aliphatic carbocycles. The maximum atomic E-state index is 8.88. The minimum absolute atomic E-state index is 0.0231. The number of aliphatic hydroxyl groups excluding tert-OH is 1. The number of hydrazine groups is 1. The summed E-state index contributed by atoms with van der Waals surface area (Å²) in [4.78, 5) is 0. The molecule has 0 aromatic heterocycles. The maximum absolute atomic E-state index is 8.88. The Kier molecular flexibility index (Phi) is 2.02. The van der Waals surface area contributed by atoms with Gasteiger partial charge in [0.05, 0.1) is 6.04 Å². The first-order valence-corrected chi connectivity index (χ1v) is 3.17. The van der Waals surface area contributed by atoms with Crippen LogP contribution >= 0.6 is 0 Å². The molecule has 2 atom stereocenters. The first-order chi connectivity index (χ1) is 4.22. The van der Waals surface area contributed by atoms with E-state index in [1.165, 1.54) is 0 Å². The van der Waals surface area contributed by atoms with E-state index in [0.29, 0.717) is 0 Å². The van der Waals surface area contributed by atoms with Crippen molar-refractivity contribution in [2.45, 2.75) is 25.1 Å². The number of rotatable bonds is 1. The van der Waals surface area contributed by atoms with Gasteiger partial charge >= 0.3 is 0 Å². The molecule has 9 heavy (non-hydrogen) atoms. The fraction of sp³-hybridized carbons (Fsp3) is 1.00. The Labute approximate surface area is 54.4 Å². The van der Waals surface area contributed by atoms with E-state index < -0.39 is 6.23 Å². The van der Waals surface area contributed by atoms with Gasteiger partial charge in [-0.15, -0.1) is 0 Å². The molecule has 4 heteroatoms. The largest absolute Gasteiger partial charge is 0.377 e. The fourth-order valence-electron chi connectivity index (χ4n) is 1.18. The van der Waals surface area contributed by atoms with E-state index in [2.05, 4.69) is 0 Å². The lowest BCUT2D eigenvalue weighted by molar-refractivity contribution is 0.0781. The van der Waals surface area contributed by atoms with Crippen molar-refractivity contribution in [2.75, 3.05) is 6.54 Å². The van der Waals surface area contributed by atoms with Gasteiger partial charge < -0.3 is 10.8 Å². The van der Waals surface area contributed by atoms with Crippen molar-refractivity contribution in [3.05, 3.63) is 0 Å². The third-order valence-corrected chi connectivity index (χ3v) is 1.74. The molecule has 1 rings (SSSR count). The highest BCUT2D eigenvalue weighted by molar-refractivity contribution is 4.77. The van der Waals surface area contributed by atoms with Crippen molar-refractivity contribution in [3.63, 3.8) is 0 Å². The second kappa shape index (κ2) is 2.62. The molecule has 0 saturated carbocycles. The van der Waals surface area contributed by atoms with Crippen LogP contribution < -0.4 is 11.6 Å². The molecular weight excluding hydrogens is 118 g/mol. The summed E-state index contributed by atoms with van der Waals surface area (Å²) in [5.41, 5.74) is 5.22. The predicted octanol–water partition coefficient (Wildman–Crippen LogP) is -1.40. The average molecular weight is 131 g/mol. The summed E-state index contributed by atoms with van der Waals surface area (Å²) in [6.45, 7) is 0.846. The van der Waals surface area contributed by atoms with Crippen LogP contribution in [0.4, 0.5) is 0 Å². The van der Waals surface area contributed by atoms with Gasteiger partial charge in [0.25, 0.3) is 0 Å². The zero-order valence-corrected chi connectivity index (χ0v) is 5.33. The van der Waals surface area contributed by atoms with Crippen LogP contribution in [0.15, 0.2) is 0 Å². The first kappa shape index (κ1) is 6.95. The van der Waals surface area contributed by atoms with E-state index in [1.807, 2.05) is 0 Å². The third-order valence-electron chi connectivity index (χ3n) is 1.74. The molecule has 1 aliphatic heterocycles. The summed E-state index contributed by atoms with van der Waals surface area (Å²) in [6.07, 6.45) is 1.17. The third kappa shape index (κ3) is 1.40. The standard InChI is InChI=1S/C5H13N3O/c6-5(9)4-2-1-3-8(4)7/h4-5,9H,1-3,6-7H2. The molecular formula is C5H13N3O. The molecule has 4 nitrogen and oxygen atoms in total. The Bertz CT molecular complexity index is 96.2. The van der Waals surface area contributed by atoms with Crippen LogP contribution in [0.3, 0.4) is 0 Å². The molecule has 1 fully saturated rings. The van der Waals surface area contributed by atoms with Gasteiger partial charge in [-0.05, 0) is 12.8 Å². The van der Waals surface area contributed by atoms with Gasteiger partial charge in [0.1, 0.15) is 6.23 Å². The number of nitrogens with two attached hydrogens (primary N) is 2. The van der Waals surface area contributed by atoms with Crippen molar-refractivity contribution in [1.82, 2.24) is 5.01 Å². The summed E-state index contributed by atoms with van der Waals surface area (Å²) in [6, 6.07) is -0.0231. The molecule has 0 amide bonds. The van der Waals surface area contributed by atoms with Crippen LogP contribution in [0.1, 0.15) is 12.8 Å². The smallest absolute Gasteiger partial charge is 0.119 e. The minimum Gasteiger partial charge on any atom is -0.377 e. The van der Waals surface area contributed by atoms with Crippen LogP contribution in [0.5, 0.6) is 0 Å². The molecule has 54 valence electrons. The van der Waals surface area contributed by atoms with E-state index in [9.17, 15) is 0 Å². The van der Waals surface area contributed by atoms with Crippen molar-refractivity contribution in [3.8, 4) is 0 Å². The van der Waals surface area contributed by atoms with E-state index in [-0.39, 0.29) is 6.04 Å². The highest BCUT2D eigenvalue weighted by atomic mass is 16.3. The van der Waals surface area contributed by atoms with E-state index >= 15 is 0 Å². The van der Waals surface area contributed by atoms with E-state index in [1.54, 1.807) is 5.01 Å². The summed E-state index contributed by atoms with van der Waals surface area (Å²) in [5.74, 6) is 5.47. The summed E-state index contributed by atoms with van der Waals surface area (Å²) in [5, 5.41) is 10.5. The molecule has 5 N–H and O–H groups in total. The minimum atomic E-state index is -0.780. The lowest BCUT2D eigenvalue weighted by Crippen LogP contribution is -2.47. The molecule has 2 unspecified atom stereocenters. The van der Waals surface area contributed by atoms with Gasteiger partial charge in [-0.3, -0.25) is 5.84 Å². The number of hydrogen-bond donors (Lipinski definition) is 3. The van der Waals surface area contributed by atoms with E-state index in [4.69, 9.17) is 16.7 Å². The predicted molar refractivity (Wildman–Crippen MR) is 34.1 cm³/mol. The highest BCUT2D eigenvalue weighted by Crippen LogP contribution is 2.13. The zero-order chi connectivity index (χ0) is 6.85. The van der Waals surface area contributed by atoms with Crippen molar-refractivity contribution in [1.29, 1.82) is 0 Å². The summed E-state index contributed by atoms with van der Waals surface area (Å²) in [7, 11) is 0. The first-order valence-electron chi connectivity index (χ1n) is 3.17. The Morgan fingerprint density at radius 3 is 2.56 bits per heavy atom. The van der Waals surface area contributed by atoms with Gasteiger partial charge in [-0.1, -0.05) is 0 Å². The van der Waals surface area contributed by atoms with Crippen LogP contribution in [-0.4, -0.2) is 28.9 Å². The molecule has 0 bridgehead atoms. The topological polar surface area (TPSA) is 75.5 Å². The molecule has 0 radical (unpaired) electrons. The monoisotopic (exact) mass is 131 g/mol. The van der Waals surface area contributed by atoms with Crippen molar-refractivity contribution >= 4 is 0 Å². The SMILES string of the molecule is NC(O)C1CCCN1N. The Balaban J connectivity index is 2.40. The number of hydrogen-bond acceptors (Lipinski definition) is 4. The normalized spacial score (nSPS) is 33.0. The van der Waals surface area contributed by atoms with Gasteiger partial charge in [0.2, 0.25) is 0 Å². The Hall–Kier alpha value is -0.160. The van der Waals surface area contributed by atoms with Gasteiger partial charge in [0, 0.05) is 6.54 Å². The molecule has 1 saturated heterocycles. The maximum Gasteiger partial charge on any atom is 0.119 e. The molecule has 1 aliphatic rings. The number of aliphatic hydroxyl groups is 1. The molecule has 1 heterocycles. The lowest BCUT2D eigenvalue weighted by atomic mass is 10.2. The molecule has 0 aromatic carbocycles.